The molecule has 2 amide bonds. The van der Waals surface area contributed by atoms with Crippen LogP contribution in [0.1, 0.15) is 48.5 Å². The van der Waals surface area contributed by atoms with Gasteiger partial charge in [-0.3, -0.25) is 9.59 Å². The van der Waals surface area contributed by atoms with Gasteiger partial charge in [-0.15, -0.1) is 0 Å². The van der Waals surface area contributed by atoms with Crippen molar-refractivity contribution in [1.29, 1.82) is 0 Å². The Labute approximate surface area is 273 Å². The van der Waals surface area contributed by atoms with E-state index in [9.17, 15) is 9.59 Å². The average molecular weight is 633 g/mol. The Hall–Kier alpha value is -4.86. The second kappa shape index (κ2) is 11.1. The van der Waals surface area contributed by atoms with Gasteiger partial charge < -0.3 is 29.2 Å². The van der Waals surface area contributed by atoms with Crippen LogP contribution in [0.4, 0.5) is 0 Å². The van der Waals surface area contributed by atoms with E-state index in [1.165, 1.54) is 19.3 Å². The number of pyridine rings is 1. The third kappa shape index (κ3) is 4.92. The van der Waals surface area contributed by atoms with Crippen molar-refractivity contribution in [1.82, 2.24) is 24.0 Å². The molecular weight excluding hydrogens is 592 g/mol. The van der Waals surface area contributed by atoms with Crippen LogP contribution in [0.3, 0.4) is 0 Å². The minimum atomic E-state index is -0.406. The molecule has 2 unspecified atom stereocenters. The van der Waals surface area contributed by atoms with Crippen molar-refractivity contribution in [2.75, 3.05) is 20.8 Å². The van der Waals surface area contributed by atoms with E-state index < -0.39 is 5.91 Å². The van der Waals surface area contributed by atoms with Gasteiger partial charge in [0.25, 0.3) is 5.91 Å². The molecule has 2 saturated carbocycles. The second-order valence-corrected chi connectivity index (χ2v) is 13.6. The van der Waals surface area contributed by atoms with E-state index >= 15 is 0 Å². The van der Waals surface area contributed by atoms with Gasteiger partial charge in [0.1, 0.15) is 22.7 Å². The maximum Gasteiger partial charge on any atom is 0.254 e. The summed E-state index contributed by atoms with van der Waals surface area (Å²) in [6.45, 7) is 3.96. The highest BCUT2D eigenvalue weighted by molar-refractivity contribution is 6.00. The number of carbonyl (C=O) groups excluding carboxylic acids is 2. The number of nitrogens with two attached hydrogens (primary N) is 1. The third-order valence-electron chi connectivity index (χ3n) is 10.7. The highest BCUT2D eigenvalue weighted by atomic mass is 16.5. The zero-order chi connectivity index (χ0) is 32.6. The number of hydrogen-bond acceptors (Lipinski definition) is 6. The summed E-state index contributed by atoms with van der Waals surface area (Å²) < 4.78 is 15.8. The number of aryl methyl sites for hydroxylation is 1. The lowest BCUT2D eigenvalue weighted by Crippen LogP contribution is -2.38. The minimum absolute atomic E-state index is 0.0651. The quantitative estimate of drug-likeness (QED) is 0.227. The number of nitrogens with zero attached hydrogens (tertiary/aromatic N) is 5. The summed E-state index contributed by atoms with van der Waals surface area (Å²) in [5.41, 5.74) is 12.0. The largest absolute Gasteiger partial charge is 0.496 e. The van der Waals surface area contributed by atoms with Gasteiger partial charge in [-0.1, -0.05) is 19.1 Å². The summed E-state index contributed by atoms with van der Waals surface area (Å²) in [4.78, 5) is 37.8. The predicted octanol–water partition coefficient (Wildman–Crippen LogP) is 5.58. The molecule has 3 aliphatic rings. The Kier molecular flexibility index (Phi) is 7.00. The van der Waals surface area contributed by atoms with Crippen LogP contribution in [0, 0.1) is 17.8 Å². The number of fused-ring (bicyclic) bond motifs is 4. The lowest BCUT2D eigenvalue weighted by molar-refractivity contribution is -0.117. The maximum absolute atomic E-state index is 13.8. The molecule has 242 valence electrons. The molecule has 1 aliphatic heterocycles. The van der Waals surface area contributed by atoms with Crippen molar-refractivity contribution >= 4 is 33.9 Å². The number of primary amides is 1. The summed E-state index contributed by atoms with van der Waals surface area (Å²) >= 11 is 0. The molecular formula is C37H40N6O4. The molecule has 2 aromatic carbocycles. The molecule has 47 heavy (non-hydrogen) atoms. The Morgan fingerprint density at radius 2 is 1.77 bits per heavy atom. The zero-order valence-electron chi connectivity index (χ0n) is 27.3. The lowest BCUT2D eigenvalue weighted by atomic mass is 10.0. The van der Waals surface area contributed by atoms with Crippen LogP contribution < -0.4 is 15.2 Å². The topological polar surface area (TPSA) is 118 Å². The fraction of sp³-hybridized carbons (Fsp3) is 0.405. The van der Waals surface area contributed by atoms with Crippen LogP contribution >= 0.6 is 0 Å². The van der Waals surface area contributed by atoms with E-state index in [4.69, 9.17) is 25.2 Å². The average Bonchev–Trinajstić information content (AvgIpc) is 3.47. The summed E-state index contributed by atoms with van der Waals surface area (Å²) in [5.74, 6) is 3.45. The Bertz CT molecular complexity index is 2070. The van der Waals surface area contributed by atoms with Crippen LogP contribution in [0.25, 0.3) is 44.8 Å². The normalized spacial score (nSPS) is 20.4. The van der Waals surface area contributed by atoms with E-state index in [1.54, 1.807) is 14.2 Å². The van der Waals surface area contributed by atoms with Gasteiger partial charge >= 0.3 is 0 Å². The Morgan fingerprint density at radius 3 is 2.45 bits per heavy atom. The number of carbonyl (C=O) groups is 2. The molecule has 2 bridgehead atoms. The number of aromatic nitrogens is 4. The molecule has 0 spiro atoms. The maximum atomic E-state index is 13.8. The standard InChI is InChI=1S/C37H40N6O4/c1-20-25-10-12-29(20)43(19-25)37(45)26-13-28-34(32(16-26)47-4)41(2)36(40-28)30-14-24-9-11-27(39-35(24)42(30)18-21-5-6-21)22-7-8-23(17-33(38)44)31(15-22)46-3/h7-9,11,13-16,20-21,25,29H,5-6,10,12,17-19H2,1-4H3,(H2,38,44)/t20-,25?,29?/m1/s1. The molecule has 2 aliphatic carbocycles. The van der Waals surface area contributed by atoms with Crippen LogP contribution in [-0.4, -0.2) is 62.6 Å². The molecule has 5 aromatic rings. The van der Waals surface area contributed by atoms with Crippen molar-refractivity contribution in [2.24, 2.45) is 30.5 Å². The number of piperidine rings is 1. The van der Waals surface area contributed by atoms with Gasteiger partial charge in [-0.25, -0.2) is 9.97 Å². The van der Waals surface area contributed by atoms with E-state index in [0.29, 0.717) is 40.9 Å². The number of ether oxygens (including phenoxy) is 2. The van der Waals surface area contributed by atoms with E-state index in [2.05, 4.69) is 33.1 Å². The first-order valence-electron chi connectivity index (χ1n) is 16.6. The first-order chi connectivity index (χ1) is 22.7. The summed E-state index contributed by atoms with van der Waals surface area (Å²) in [6, 6.07) is 16.1. The molecule has 1 saturated heterocycles. The van der Waals surface area contributed by atoms with Crippen LogP contribution in [-0.2, 0) is 24.8 Å². The van der Waals surface area contributed by atoms with Gasteiger partial charge in [-0.05, 0) is 79.8 Å². The Morgan fingerprint density at radius 1 is 0.957 bits per heavy atom. The fourth-order valence-electron chi connectivity index (χ4n) is 7.98. The SMILES string of the molecule is COc1cc(-c2ccc3cc(-c4nc5cc(C(=O)N6CC7CCC6[C@@H]7C)cc(OC)c5n4C)n(CC4CC4)c3n2)ccc1CC(N)=O. The Balaban J connectivity index is 1.21. The first-order valence-corrected chi connectivity index (χ1v) is 16.6. The molecule has 2 N–H and O–H groups in total. The molecule has 8 rings (SSSR count). The molecule has 10 nitrogen and oxygen atoms in total. The monoisotopic (exact) mass is 632 g/mol. The van der Waals surface area contributed by atoms with Crippen LogP contribution in [0.5, 0.6) is 11.5 Å². The van der Waals surface area contributed by atoms with E-state index in [0.717, 1.165) is 69.9 Å². The van der Waals surface area contributed by atoms with Gasteiger partial charge in [-0.2, -0.15) is 0 Å². The van der Waals surface area contributed by atoms with Crippen molar-refractivity contribution in [3.63, 3.8) is 0 Å². The van der Waals surface area contributed by atoms with Gasteiger partial charge in [0.05, 0.1) is 37.5 Å². The van der Waals surface area contributed by atoms with E-state index in [-0.39, 0.29) is 12.3 Å². The molecule has 10 heteroatoms. The zero-order valence-corrected chi connectivity index (χ0v) is 27.3. The van der Waals surface area contributed by atoms with Crippen molar-refractivity contribution in [3.8, 4) is 34.3 Å². The summed E-state index contributed by atoms with van der Waals surface area (Å²) in [5, 5.41) is 1.02. The number of methoxy groups -OCH3 is 2. The summed E-state index contributed by atoms with van der Waals surface area (Å²) in [6.07, 6.45) is 4.79. The predicted molar refractivity (Wildman–Crippen MR) is 180 cm³/mol. The smallest absolute Gasteiger partial charge is 0.254 e. The number of likely N-dealkylation sites (tertiary alicyclic amines) is 1. The first kappa shape index (κ1) is 29.5. The molecule has 3 aromatic heterocycles. The van der Waals surface area contributed by atoms with Gasteiger partial charge in [0.15, 0.2) is 5.82 Å². The van der Waals surface area contributed by atoms with E-state index in [1.807, 2.05) is 43.4 Å². The minimum Gasteiger partial charge on any atom is -0.496 e. The van der Waals surface area contributed by atoms with Gasteiger partial charge in [0, 0.05) is 48.3 Å². The number of rotatable bonds is 9. The number of amides is 2. The van der Waals surface area contributed by atoms with Crippen molar-refractivity contribution < 1.29 is 19.1 Å². The summed E-state index contributed by atoms with van der Waals surface area (Å²) in [7, 11) is 5.25. The highest BCUT2D eigenvalue weighted by Gasteiger charge is 2.46. The third-order valence-corrected chi connectivity index (χ3v) is 10.7. The molecule has 3 atom stereocenters. The lowest BCUT2D eigenvalue weighted by Gasteiger charge is -2.27. The highest BCUT2D eigenvalue weighted by Crippen LogP contribution is 2.44. The number of benzene rings is 2. The molecule has 4 heterocycles. The van der Waals surface area contributed by atoms with Crippen molar-refractivity contribution in [2.45, 2.75) is 51.6 Å². The van der Waals surface area contributed by atoms with Crippen LogP contribution in [0.15, 0.2) is 48.5 Å². The van der Waals surface area contributed by atoms with Gasteiger partial charge in [0.2, 0.25) is 5.91 Å². The number of imidazole rings is 1. The molecule has 0 radical (unpaired) electrons. The number of hydrogen-bond donors (Lipinski definition) is 1. The molecule has 3 fully saturated rings. The van der Waals surface area contributed by atoms with Crippen molar-refractivity contribution in [3.05, 3.63) is 59.7 Å². The van der Waals surface area contributed by atoms with Crippen LogP contribution in [0.2, 0.25) is 0 Å². The second-order valence-electron chi connectivity index (χ2n) is 13.6. The fourth-order valence-corrected chi connectivity index (χ4v) is 7.98.